The SMILES string of the molecule is C=C1C[C@@H]2CC[C@@]34C[C@H]5O[C@H]6[C@@H](O3)[C@H]3OC(CC[C@@H]3O[C@H]6C5O4)CC(=O)C[C@H]3C(C[C@H]4O[C@@H](CCC1O2)C[C@@H](C)C4=C)O[C@H](C[C@H](O)CC)[C@@H]3C. The van der Waals surface area contributed by atoms with E-state index in [1.165, 1.54) is 0 Å². The Morgan fingerprint density at radius 1 is 0.745 bits per heavy atom. The first kappa shape index (κ1) is 35.5. The number of carbonyl (C=O) groups is 1. The van der Waals surface area contributed by atoms with E-state index in [2.05, 4.69) is 27.0 Å². The Kier molecular flexibility index (Phi) is 9.62. The molecule has 10 fully saturated rings. The van der Waals surface area contributed by atoms with Crippen LogP contribution < -0.4 is 0 Å². The molecule has 10 nitrogen and oxygen atoms in total. The van der Waals surface area contributed by atoms with E-state index in [-0.39, 0.29) is 103 Å². The summed E-state index contributed by atoms with van der Waals surface area (Å²) in [6.07, 6.45) is 7.89. The molecule has 0 aromatic heterocycles. The molecule has 10 saturated heterocycles. The van der Waals surface area contributed by atoms with Crippen LogP contribution in [0.4, 0.5) is 0 Å². The summed E-state index contributed by atoms with van der Waals surface area (Å²) in [7, 11) is 0. The molecule has 51 heavy (non-hydrogen) atoms. The second kappa shape index (κ2) is 13.8. The van der Waals surface area contributed by atoms with Crippen molar-refractivity contribution in [1.82, 2.24) is 0 Å². The van der Waals surface area contributed by atoms with Crippen molar-refractivity contribution in [2.24, 2.45) is 17.8 Å². The maximum atomic E-state index is 14.0. The van der Waals surface area contributed by atoms with Crippen LogP contribution in [0.2, 0.25) is 0 Å². The van der Waals surface area contributed by atoms with Crippen LogP contribution in [0.1, 0.15) is 111 Å². The van der Waals surface area contributed by atoms with Crippen LogP contribution in [0.3, 0.4) is 0 Å². The highest BCUT2D eigenvalue weighted by Crippen LogP contribution is 2.54. The average molecular weight is 713 g/mol. The first-order chi connectivity index (χ1) is 24.6. The van der Waals surface area contributed by atoms with Crippen molar-refractivity contribution in [3.8, 4) is 0 Å². The van der Waals surface area contributed by atoms with Gasteiger partial charge >= 0.3 is 0 Å². The van der Waals surface area contributed by atoms with Gasteiger partial charge in [-0.25, -0.2) is 0 Å². The van der Waals surface area contributed by atoms with Crippen LogP contribution in [0, 0.1) is 17.8 Å². The van der Waals surface area contributed by atoms with Crippen molar-refractivity contribution in [2.45, 2.75) is 208 Å². The van der Waals surface area contributed by atoms with Gasteiger partial charge in [0.15, 0.2) is 5.79 Å². The number of carbonyl (C=O) groups excluding carboxylic acids is 1. The molecule has 284 valence electrons. The summed E-state index contributed by atoms with van der Waals surface area (Å²) in [4.78, 5) is 14.0. The zero-order valence-electron chi connectivity index (χ0n) is 30.8. The molecule has 10 heterocycles. The number of fused-ring (bicyclic) bond motifs is 6. The van der Waals surface area contributed by atoms with Gasteiger partial charge in [0, 0.05) is 32.1 Å². The number of ether oxygens (including phenoxy) is 8. The molecule has 0 aliphatic carbocycles. The topological polar surface area (TPSA) is 111 Å². The van der Waals surface area contributed by atoms with Crippen LogP contribution in [0.15, 0.2) is 24.3 Å². The van der Waals surface area contributed by atoms with Crippen LogP contribution in [-0.4, -0.2) is 108 Å². The molecule has 0 aromatic carbocycles. The van der Waals surface area contributed by atoms with Gasteiger partial charge < -0.3 is 43.0 Å². The maximum absolute atomic E-state index is 14.0. The summed E-state index contributed by atoms with van der Waals surface area (Å²) < 4.78 is 54.1. The van der Waals surface area contributed by atoms with E-state index in [0.29, 0.717) is 44.4 Å². The van der Waals surface area contributed by atoms with E-state index in [0.717, 1.165) is 62.5 Å². The van der Waals surface area contributed by atoms with E-state index in [1.54, 1.807) is 0 Å². The van der Waals surface area contributed by atoms with Gasteiger partial charge in [0.25, 0.3) is 0 Å². The average Bonchev–Trinajstić information content (AvgIpc) is 3.77. The number of aliphatic hydroxyl groups excluding tert-OH is 1. The van der Waals surface area contributed by atoms with Gasteiger partial charge in [-0.3, -0.25) is 4.79 Å². The van der Waals surface area contributed by atoms with Crippen LogP contribution in [0.25, 0.3) is 0 Å². The standard InChI is InChI=1S/C41H60O10/c1-6-24(42)17-32-23(5)29-16-25(43)15-27-8-10-31-36(46-27)40-39-38(48-31)37-35(49-39)19-41(50-37,51-40)12-11-28-14-21(3)30(44-28)9-7-26-13-20(2)22(4)33(45-26)18-34(29)47-32/h20,23-24,26-40,42H,3-4,6-19H2,1-2,5H3/t20-,23-,24-,26+,27?,28+,29-,30?,31+,32-,33-,34?,35-,36+,37?,38+,39-,40+,41+/m1/s1. The minimum atomic E-state index is -0.757. The normalized spacial score (nSPS) is 53.2. The monoisotopic (exact) mass is 712 g/mol. The summed E-state index contributed by atoms with van der Waals surface area (Å²) in [5, 5.41) is 10.6. The molecule has 10 aliphatic rings. The first-order valence-corrected chi connectivity index (χ1v) is 20.4. The highest BCUT2D eigenvalue weighted by molar-refractivity contribution is 5.79. The Hall–Kier alpha value is -1.21. The zero-order valence-corrected chi connectivity index (χ0v) is 30.8. The fourth-order valence-corrected chi connectivity index (χ4v) is 11.3. The molecule has 0 aromatic rings. The van der Waals surface area contributed by atoms with Gasteiger partial charge in [0.1, 0.15) is 36.3 Å². The third-order valence-electron chi connectivity index (χ3n) is 14.4. The van der Waals surface area contributed by atoms with Gasteiger partial charge in [-0.1, -0.05) is 33.9 Å². The summed E-state index contributed by atoms with van der Waals surface area (Å²) >= 11 is 0. The largest absolute Gasteiger partial charge is 0.393 e. The predicted octanol–water partition coefficient (Wildman–Crippen LogP) is 5.51. The highest BCUT2D eigenvalue weighted by Gasteiger charge is 2.68. The second-order valence-corrected chi connectivity index (χ2v) is 17.8. The van der Waals surface area contributed by atoms with E-state index in [9.17, 15) is 9.90 Å². The van der Waals surface area contributed by atoms with E-state index in [1.807, 2.05) is 6.92 Å². The van der Waals surface area contributed by atoms with Gasteiger partial charge in [0.05, 0.1) is 61.0 Å². The van der Waals surface area contributed by atoms with Gasteiger partial charge in [-0.05, 0) is 86.7 Å². The maximum Gasteiger partial charge on any atom is 0.172 e. The quantitative estimate of drug-likeness (QED) is 0.376. The zero-order chi connectivity index (χ0) is 35.2. The molecule has 12 bridgehead atoms. The highest BCUT2D eigenvalue weighted by atomic mass is 16.8. The number of hydrogen-bond acceptors (Lipinski definition) is 10. The number of hydrogen-bond donors (Lipinski definition) is 1. The lowest BCUT2D eigenvalue weighted by Crippen LogP contribution is -2.61. The summed E-state index contributed by atoms with van der Waals surface area (Å²) in [5.74, 6) is -0.0766. The number of rotatable bonds is 3. The van der Waals surface area contributed by atoms with Crippen molar-refractivity contribution in [3.63, 3.8) is 0 Å². The van der Waals surface area contributed by atoms with Crippen molar-refractivity contribution in [2.75, 3.05) is 0 Å². The molecule has 10 aliphatic heterocycles. The molecule has 1 spiro atoms. The first-order valence-electron chi connectivity index (χ1n) is 20.4. The third-order valence-corrected chi connectivity index (χ3v) is 14.4. The van der Waals surface area contributed by atoms with Crippen molar-refractivity contribution >= 4 is 5.78 Å². The summed E-state index contributed by atoms with van der Waals surface area (Å²) in [6, 6.07) is 0. The van der Waals surface area contributed by atoms with E-state index < -0.39 is 11.9 Å². The second-order valence-electron chi connectivity index (χ2n) is 17.8. The molecule has 10 rings (SSSR count). The fourth-order valence-electron chi connectivity index (χ4n) is 11.3. The molecule has 19 atom stereocenters. The van der Waals surface area contributed by atoms with Crippen LogP contribution >= 0.6 is 0 Å². The lowest BCUT2D eigenvalue weighted by atomic mass is 9.78. The summed E-state index contributed by atoms with van der Waals surface area (Å²) in [6.45, 7) is 15.4. The Morgan fingerprint density at radius 3 is 2.33 bits per heavy atom. The van der Waals surface area contributed by atoms with Crippen LogP contribution in [0.5, 0.6) is 0 Å². The van der Waals surface area contributed by atoms with Gasteiger partial charge in [0.2, 0.25) is 0 Å². The molecule has 10 heteroatoms. The Bertz CT molecular complexity index is 1350. The van der Waals surface area contributed by atoms with Crippen molar-refractivity contribution in [3.05, 3.63) is 24.3 Å². The Labute approximate surface area is 303 Å². The number of ketones is 1. The molecule has 0 amide bonds. The lowest BCUT2D eigenvalue weighted by Gasteiger charge is -2.47. The molecule has 1 N–H and O–H groups in total. The molecule has 0 saturated carbocycles. The number of Topliss-reactive ketones (excluding diaryl/α,β-unsaturated/α-hetero) is 1. The molecular weight excluding hydrogens is 652 g/mol. The Balaban J connectivity index is 0.986. The van der Waals surface area contributed by atoms with Gasteiger partial charge in [-0.15, -0.1) is 0 Å². The van der Waals surface area contributed by atoms with Crippen molar-refractivity contribution in [1.29, 1.82) is 0 Å². The minimum Gasteiger partial charge on any atom is -0.393 e. The third kappa shape index (κ3) is 6.54. The molecular formula is C41H60O10. The van der Waals surface area contributed by atoms with E-state index >= 15 is 0 Å². The van der Waals surface area contributed by atoms with Gasteiger partial charge in [-0.2, -0.15) is 0 Å². The fraction of sp³-hybridized carbons (Fsp3) is 0.878. The number of aliphatic hydroxyl groups is 1. The molecule has 4 unspecified atom stereocenters. The Morgan fingerprint density at radius 2 is 1.49 bits per heavy atom. The predicted molar refractivity (Wildman–Crippen MR) is 186 cm³/mol. The smallest absolute Gasteiger partial charge is 0.172 e. The van der Waals surface area contributed by atoms with E-state index in [4.69, 9.17) is 37.9 Å². The summed E-state index contributed by atoms with van der Waals surface area (Å²) in [5.41, 5.74) is 2.28. The van der Waals surface area contributed by atoms with Crippen molar-refractivity contribution < 1.29 is 47.8 Å². The van der Waals surface area contributed by atoms with Crippen LogP contribution in [-0.2, 0) is 42.7 Å². The lowest BCUT2D eigenvalue weighted by molar-refractivity contribution is -0.292. The minimum absolute atomic E-state index is 0.0115. The molecule has 0 radical (unpaired) electrons.